The topological polar surface area (TPSA) is 73.7 Å². The van der Waals surface area contributed by atoms with Gasteiger partial charge in [-0.05, 0) is 26.0 Å². The van der Waals surface area contributed by atoms with Crippen molar-refractivity contribution in [2.24, 2.45) is 0 Å². The van der Waals surface area contributed by atoms with Crippen molar-refractivity contribution >= 4 is 23.8 Å². The molecule has 2 amide bonds. The molecule has 7 heteroatoms. The molecule has 6 nitrogen and oxygen atoms in total. The summed E-state index contributed by atoms with van der Waals surface area (Å²) in [5, 5.41) is 9.09. The maximum atomic E-state index is 12.5. The number of carboxylic acid groups (broad SMARTS) is 1. The van der Waals surface area contributed by atoms with Gasteiger partial charge in [0, 0.05) is 18.5 Å². The van der Waals surface area contributed by atoms with Crippen LogP contribution in [0.5, 0.6) is 0 Å². The average Bonchev–Trinajstić information content (AvgIpc) is 2.80. The number of urea groups is 1. The van der Waals surface area contributed by atoms with E-state index in [1.807, 2.05) is 32.0 Å². The van der Waals surface area contributed by atoms with Gasteiger partial charge in [0.15, 0.2) is 0 Å². The van der Waals surface area contributed by atoms with Crippen molar-refractivity contribution in [1.82, 2.24) is 14.8 Å². The Labute approximate surface area is 128 Å². The Morgan fingerprint density at radius 3 is 2.86 bits per heavy atom. The maximum Gasteiger partial charge on any atom is 0.327 e. The molecular weight excluding hydrogens is 290 g/mol. The highest BCUT2D eigenvalue weighted by Crippen LogP contribution is 2.29. The van der Waals surface area contributed by atoms with E-state index in [4.69, 9.17) is 0 Å². The van der Waals surface area contributed by atoms with E-state index in [0.29, 0.717) is 12.3 Å². The molecule has 0 aliphatic carbocycles. The van der Waals surface area contributed by atoms with Gasteiger partial charge in [0.2, 0.25) is 0 Å². The average molecular weight is 309 g/mol. The molecule has 21 heavy (non-hydrogen) atoms. The van der Waals surface area contributed by atoms with Gasteiger partial charge >= 0.3 is 12.0 Å². The van der Waals surface area contributed by atoms with Gasteiger partial charge in [0.1, 0.15) is 6.04 Å². The second kappa shape index (κ2) is 6.34. The molecular formula is C14H19N3O3S. The number of carboxylic acids is 1. The number of nitrogens with zero attached hydrogens (tertiary/aromatic N) is 3. The van der Waals surface area contributed by atoms with Crippen LogP contribution in [0.2, 0.25) is 0 Å². The first-order chi connectivity index (χ1) is 9.90. The molecule has 114 valence electrons. The van der Waals surface area contributed by atoms with Crippen LogP contribution in [0, 0.1) is 6.92 Å². The van der Waals surface area contributed by atoms with E-state index in [0.717, 1.165) is 11.4 Å². The van der Waals surface area contributed by atoms with Crippen molar-refractivity contribution in [3.63, 3.8) is 0 Å². The molecule has 0 radical (unpaired) electrons. The summed E-state index contributed by atoms with van der Waals surface area (Å²) in [7, 11) is 1.67. The standard InChI is InChI=1S/C14H19N3O3S/c1-9-5-4-6-11(15-9)7-16(3)14(20)17-10(2)21-8-12(17)13(18)19/h4-6,10,12H,7-8H2,1-3H3,(H,18,19). The number of rotatable bonds is 3. The summed E-state index contributed by atoms with van der Waals surface area (Å²) in [6.07, 6.45) is 0. The molecule has 1 N–H and O–H groups in total. The Morgan fingerprint density at radius 2 is 2.24 bits per heavy atom. The van der Waals surface area contributed by atoms with Gasteiger partial charge in [0.05, 0.1) is 17.6 Å². The first-order valence-corrected chi connectivity index (χ1v) is 7.75. The number of hydrogen-bond donors (Lipinski definition) is 1. The van der Waals surface area contributed by atoms with Crippen molar-refractivity contribution in [3.8, 4) is 0 Å². The summed E-state index contributed by atoms with van der Waals surface area (Å²) in [5.41, 5.74) is 1.68. The normalized spacial score (nSPS) is 21.4. The Balaban J connectivity index is 2.09. The lowest BCUT2D eigenvalue weighted by Gasteiger charge is -2.30. The first kappa shape index (κ1) is 15.6. The lowest BCUT2D eigenvalue weighted by molar-refractivity contribution is -0.141. The summed E-state index contributed by atoms with van der Waals surface area (Å²) >= 11 is 1.48. The van der Waals surface area contributed by atoms with Crippen LogP contribution in [0.3, 0.4) is 0 Å². The molecule has 1 aliphatic heterocycles. The van der Waals surface area contributed by atoms with Gasteiger partial charge in [-0.25, -0.2) is 9.59 Å². The van der Waals surface area contributed by atoms with Crippen LogP contribution in [0.4, 0.5) is 4.79 Å². The smallest absolute Gasteiger partial charge is 0.327 e. The number of carbonyl (C=O) groups excluding carboxylic acids is 1. The minimum absolute atomic E-state index is 0.133. The molecule has 0 spiro atoms. The Hall–Kier alpha value is -1.76. The zero-order valence-corrected chi connectivity index (χ0v) is 13.1. The van der Waals surface area contributed by atoms with Crippen LogP contribution in [-0.2, 0) is 11.3 Å². The fraction of sp³-hybridized carbons (Fsp3) is 0.500. The number of aliphatic carboxylic acids is 1. The van der Waals surface area contributed by atoms with E-state index in [9.17, 15) is 14.7 Å². The fourth-order valence-corrected chi connectivity index (χ4v) is 3.48. The number of carbonyl (C=O) groups is 2. The van der Waals surface area contributed by atoms with Crippen LogP contribution in [0.25, 0.3) is 0 Å². The van der Waals surface area contributed by atoms with Gasteiger partial charge in [-0.15, -0.1) is 11.8 Å². The van der Waals surface area contributed by atoms with Gasteiger partial charge in [-0.2, -0.15) is 0 Å². The summed E-state index contributed by atoms with van der Waals surface area (Å²) in [5.74, 6) is -0.527. The lowest BCUT2D eigenvalue weighted by Crippen LogP contribution is -2.49. The molecule has 2 unspecified atom stereocenters. The van der Waals surface area contributed by atoms with Crippen molar-refractivity contribution in [2.45, 2.75) is 31.8 Å². The molecule has 1 aromatic rings. The summed E-state index contributed by atoms with van der Waals surface area (Å²) in [4.78, 5) is 31.1. The van der Waals surface area contributed by atoms with E-state index in [-0.39, 0.29) is 11.4 Å². The van der Waals surface area contributed by atoms with Gasteiger partial charge < -0.3 is 10.0 Å². The Morgan fingerprint density at radius 1 is 1.52 bits per heavy atom. The molecule has 0 aromatic carbocycles. The Kier molecular flexibility index (Phi) is 4.72. The number of aryl methyl sites for hydroxylation is 1. The largest absolute Gasteiger partial charge is 0.480 e. The van der Waals surface area contributed by atoms with Crippen LogP contribution >= 0.6 is 11.8 Å². The van der Waals surface area contributed by atoms with E-state index >= 15 is 0 Å². The highest BCUT2D eigenvalue weighted by Gasteiger charge is 2.40. The number of aromatic nitrogens is 1. The van der Waals surface area contributed by atoms with Crippen LogP contribution in [-0.4, -0.2) is 56.1 Å². The number of thioether (sulfide) groups is 1. The van der Waals surface area contributed by atoms with Crippen LogP contribution in [0.1, 0.15) is 18.3 Å². The monoisotopic (exact) mass is 309 g/mol. The van der Waals surface area contributed by atoms with Crippen molar-refractivity contribution in [2.75, 3.05) is 12.8 Å². The summed E-state index contributed by atoms with van der Waals surface area (Å²) < 4.78 is 0. The molecule has 1 aromatic heterocycles. The van der Waals surface area contributed by atoms with E-state index in [1.165, 1.54) is 21.6 Å². The van der Waals surface area contributed by atoms with Gasteiger partial charge in [0.25, 0.3) is 0 Å². The van der Waals surface area contributed by atoms with Gasteiger partial charge in [-0.3, -0.25) is 9.88 Å². The van der Waals surface area contributed by atoms with Gasteiger partial charge in [-0.1, -0.05) is 6.07 Å². The highest BCUT2D eigenvalue weighted by atomic mass is 32.2. The quantitative estimate of drug-likeness (QED) is 0.921. The number of amides is 2. The molecule has 1 fully saturated rings. The molecule has 2 atom stereocenters. The molecule has 2 rings (SSSR count). The second-order valence-corrected chi connectivity index (χ2v) is 6.45. The van der Waals surface area contributed by atoms with Crippen molar-refractivity contribution in [3.05, 3.63) is 29.6 Å². The summed E-state index contributed by atoms with van der Waals surface area (Å²) in [6, 6.07) is 4.61. The van der Waals surface area contributed by atoms with E-state index in [2.05, 4.69) is 4.98 Å². The third-order valence-corrected chi connectivity index (χ3v) is 4.62. The molecule has 1 saturated heterocycles. The predicted molar refractivity (Wildman–Crippen MR) is 81.0 cm³/mol. The second-order valence-electron chi connectivity index (χ2n) is 5.10. The number of hydrogen-bond acceptors (Lipinski definition) is 4. The predicted octanol–water partition coefficient (Wildman–Crippen LogP) is 1.79. The van der Waals surface area contributed by atoms with Crippen molar-refractivity contribution in [1.29, 1.82) is 0 Å². The van der Waals surface area contributed by atoms with E-state index < -0.39 is 12.0 Å². The third-order valence-electron chi connectivity index (χ3n) is 3.40. The van der Waals surface area contributed by atoms with Crippen LogP contribution in [0.15, 0.2) is 18.2 Å². The molecule has 0 saturated carbocycles. The minimum Gasteiger partial charge on any atom is -0.480 e. The molecule has 2 heterocycles. The zero-order chi connectivity index (χ0) is 15.6. The third kappa shape index (κ3) is 3.47. The zero-order valence-electron chi connectivity index (χ0n) is 12.3. The molecule has 1 aliphatic rings. The maximum absolute atomic E-state index is 12.5. The number of pyridine rings is 1. The minimum atomic E-state index is -0.956. The highest BCUT2D eigenvalue weighted by molar-refractivity contribution is 8.00. The fourth-order valence-electron chi connectivity index (χ4n) is 2.32. The van der Waals surface area contributed by atoms with E-state index in [1.54, 1.807) is 7.05 Å². The van der Waals surface area contributed by atoms with Crippen LogP contribution < -0.4 is 0 Å². The lowest BCUT2D eigenvalue weighted by atomic mass is 10.3. The molecule has 0 bridgehead atoms. The first-order valence-electron chi connectivity index (χ1n) is 6.70. The summed E-state index contributed by atoms with van der Waals surface area (Å²) in [6.45, 7) is 4.11. The Bertz CT molecular complexity index is 552. The van der Waals surface area contributed by atoms with Crippen molar-refractivity contribution < 1.29 is 14.7 Å². The SMILES string of the molecule is Cc1cccc(CN(C)C(=O)N2C(C)SCC2C(=O)O)n1.